The Balaban J connectivity index is 1.80. The van der Waals surface area contributed by atoms with Gasteiger partial charge in [0.2, 0.25) is 0 Å². The van der Waals surface area contributed by atoms with Gasteiger partial charge in [-0.2, -0.15) is 0 Å². The third kappa shape index (κ3) is 3.48. The van der Waals surface area contributed by atoms with Crippen molar-refractivity contribution in [3.05, 3.63) is 0 Å². The summed E-state index contributed by atoms with van der Waals surface area (Å²) in [7, 11) is 0. The molecule has 0 bridgehead atoms. The second-order valence-electron chi connectivity index (χ2n) is 7.28. The Morgan fingerprint density at radius 2 is 1.78 bits per heavy atom. The quantitative estimate of drug-likeness (QED) is 0.824. The predicted molar refractivity (Wildman–Crippen MR) is 76.8 cm³/mol. The highest BCUT2D eigenvalue weighted by atomic mass is 16.5. The van der Waals surface area contributed by atoms with E-state index in [-0.39, 0.29) is 0 Å². The average Bonchev–Trinajstić information content (AvgIpc) is 2.25. The van der Waals surface area contributed by atoms with E-state index in [1.165, 1.54) is 38.5 Å². The zero-order valence-electron chi connectivity index (χ0n) is 12.7. The van der Waals surface area contributed by atoms with Crippen LogP contribution >= 0.6 is 0 Å². The van der Waals surface area contributed by atoms with Crippen LogP contribution in [0, 0.1) is 11.3 Å². The van der Waals surface area contributed by atoms with Gasteiger partial charge in [-0.3, -0.25) is 0 Å². The Labute approximate surface area is 113 Å². The Bertz CT molecular complexity index is 252. The molecule has 2 unspecified atom stereocenters. The Hall–Kier alpha value is -0.0800. The SMILES string of the molecule is CCOC1CC(NC2CCCCC2C(C)(C)C)C1. The lowest BCUT2D eigenvalue weighted by atomic mass is 9.69. The fourth-order valence-electron chi connectivity index (χ4n) is 3.74. The van der Waals surface area contributed by atoms with Crippen LogP contribution in [-0.2, 0) is 4.74 Å². The van der Waals surface area contributed by atoms with E-state index in [0.29, 0.717) is 11.5 Å². The Morgan fingerprint density at radius 3 is 2.39 bits per heavy atom. The van der Waals surface area contributed by atoms with E-state index in [9.17, 15) is 0 Å². The van der Waals surface area contributed by atoms with E-state index in [2.05, 4.69) is 33.0 Å². The summed E-state index contributed by atoms with van der Waals surface area (Å²) in [6.45, 7) is 10.2. The number of nitrogens with one attached hydrogen (secondary N) is 1. The molecule has 0 amide bonds. The van der Waals surface area contributed by atoms with Gasteiger partial charge in [-0.25, -0.2) is 0 Å². The van der Waals surface area contributed by atoms with Crippen LogP contribution in [0.3, 0.4) is 0 Å². The molecule has 0 aliphatic heterocycles. The van der Waals surface area contributed by atoms with E-state index >= 15 is 0 Å². The molecule has 18 heavy (non-hydrogen) atoms. The molecule has 2 heteroatoms. The number of hydrogen-bond acceptors (Lipinski definition) is 2. The van der Waals surface area contributed by atoms with Gasteiger partial charge in [0.15, 0.2) is 0 Å². The molecule has 2 aliphatic rings. The van der Waals surface area contributed by atoms with Crippen LogP contribution in [0.2, 0.25) is 0 Å². The van der Waals surface area contributed by atoms with Gasteiger partial charge in [0.05, 0.1) is 6.10 Å². The van der Waals surface area contributed by atoms with Gasteiger partial charge < -0.3 is 10.1 Å². The third-order valence-electron chi connectivity index (χ3n) is 4.83. The van der Waals surface area contributed by atoms with Crippen molar-refractivity contribution in [3.63, 3.8) is 0 Å². The molecule has 2 aliphatic carbocycles. The first-order valence-electron chi connectivity index (χ1n) is 7.88. The van der Waals surface area contributed by atoms with E-state index in [1.54, 1.807) is 0 Å². The molecule has 2 atom stereocenters. The summed E-state index contributed by atoms with van der Waals surface area (Å²) >= 11 is 0. The Kier molecular flexibility index (Phi) is 4.71. The first-order valence-corrected chi connectivity index (χ1v) is 7.88. The van der Waals surface area contributed by atoms with Crippen LogP contribution in [0.1, 0.15) is 66.2 Å². The summed E-state index contributed by atoms with van der Waals surface area (Å²) < 4.78 is 5.65. The minimum atomic E-state index is 0.446. The highest BCUT2D eigenvalue weighted by Crippen LogP contribution is 2.39. The molecular formula is C16H31NO. The predicted octanol–water partition coefficient (Wildman–Crippen LogP) is 3.75. The van der Waals surface area contributed by atoms with Crippen LogP contribution in [0.5, 0.6) is 0 Å². The molecule has 2 saturated carbocycles. The lowest BCUT2D eigenvalue weighted by Gasteiger charge is -2.45. The van der Waals surface area contributed by atoms with Gasteiger partial charge in [-0.05, 0) is 43.9 Å². The van der Waals surface area contributed by atoms with E-state index in [1.807, 2.05) is 0 Å². The molecule has 0 aromatic carbocycles. The smallest absolute Gasteiger partial charge is 0.0604 e. The van der Waals surface area contributed by atoms with Crippen molar-refractivity contribution in [2.45, 2.75) is 84.4 Å². The second-order valence-corrected chi connectivity index (χ2v) is 7.28. The molecule has 2 rings (SSSR count). The fourth-order valence-corrected chi connectivity index (χ4v) is 3.74. The molecule has 2 nitrogen and oxygen atoms in total. The molecule has 0 heterocycles. The molecule has 1 N–H and O–H groups in total. The van der Waals surface area contributed by atoms with Crippen LogP contribution in [0.15, 0.2) is 0 Å². The topological polar surface area (TPSA) is 21.3 Å². The molecule has 0 radical (unpaired) electrons. The molecule has 0 aromatic rings. The van der Waals surface area contributed by atoms with E-state index < -0.39 is 0 Å². The lowest BCUT2D eigenvalue weighted by molar-refractivity contribution is -0.0188. The largest absolute Gasteiger partial charge is 0.378 e. The minimum absolute atomic E-state index is 0.446. The first kappa shape index (κ1) is 14.3. The van der Waals surface area contributed by atoms with Crippen LogP contribution < -0.4 is 5.32 Å². The summed E-state index contributed by atoms with van der Waals surface area (Å²) in [5.41, 5.74) is 0.446. The minimum Gasteiger partial charge on any atom is -0.378 e. The van der Waals surface area contributed by atoms with Crippen molar-refractivity contribution in [3.8, 4) is 0 Å². The zero-order valence-corrected chi connectivity index (χ0v) is 12.7. The summed E-state index contributed by atoms with van der Waals surface area (Å²) in [6.07, 6.45) is 8.59. The number of rotatable bonds is 4. The maximum absolute atomic E-state index is 5.65. The van der Waals surface area contributed by atoms with Crippen molar-refractivity contribution in [1.29, 1.82) is 0 Å². The molecule has 2 fully saturated rings. The van der Waals surface area contributed by atoms with Crippen LogP contribution in [0.4, 0.5) is 0 Å². The maximum atomic E-state index is 5.65. The van der Waals surface area contributed by atoms with Gasteiger partial charge in [0.1, 0.15) is 0 Å². The second kappa shape index (κ2) is 5.92. The molecule has 0 aromatic heterocycles. The van der Waals surface area contributed by atoms with E-state index in [0.717, 1.165) is 24.6 Å². The average molecular weight is 253 g/mol. The van der Waals surface area contributed by atoms with Crippen molar-refractivity contribution in [2.75, 3.05) is 6.61 Å². The summed E-state index contributed by atoms with van der Waals surface area (Å²) in [5, 5.41) is 3.92. The third-order valence-corrected chi connectivity index (χ3v) is 4.83. The normalized spacial score (nSPS) is 37.3. The maximum Gasteiger partial charge on any atom is 0.0604 e. The van der Waals surface area contributed by atoms with Gasteiger partial charge >= 0.3 is 0 Å². The fraction of sp³-hybridized carbons (Fsp3) is 1.00. The summed E-state index contributed by atoms with van der Waals surface area (Å²) in [4.78, 5) is 0. The molecule has 106 valence electrons. The standard InChI is InChI=1S/C16H31NO/c1-5-18-13-10-12(11-13)17-15-9-7-6-8-14(15)16(2,3)4/h12-15,17H,5-11H2,1-4H3. The molecular weight excluding hydrogens is 222 g/mol. The molecule has 0 spiro atoms. The van der Waals surface area contributed by atoms with Crippen LogP contribution in [0.25, 0.3) is 0 Å². The van der Waals surface area contributed by atoms with Crippen molar-refractivity contribution in [2.24, 2.45) is 11.3 Å². The van der Waals surface area contributed by atoms with Crippen molar-refractivity contribution < 1.29 is 4.74 Å². The molecule has 0 saturated heterocycles. The van der Waals surface area contributed by atoms with Gasteiger partial charge in [-0.1, -0.05) is 33.6 Å². The lowest BCUT2D eigenvalue weighted by Crippen LogP contribution is -2.54. The highest BCUT2D eigenvalue weighted by molar-refractivity contribution is 4.94. The Morgan fingerprint density at radius 1 is 1.11 bits per heavy atom. The number of hydrogen-bond donors (Lipinski definition) is 1. The van der Waals surface area contributed by atoms with E-state index in [4.69, 9.17) is 4.74 Å². The zero-order chi connectivity index (χ0) is 13.2. The van der Waals surface area contributed by atoms with Gasteiger partial charge in [-0.15, -0.1) is 0 Å². The van der Waals surface area contributed by atoms with Gasteiger partial charge in [0, 0.05) is 18.7 Å². The van der Waals surface area contributed by atoms with Crippen molar-refractivity contribution in [1.82, 2.24) is 5.32 Å². The van der Waals surface area contributed by atoms with Gasteiger partial charge in [0.25, 0.3) is 0 Å². The van der Waals surface area contributed by atoms with Crippen LogP contribution in [-0.4, -0.2) is 24.8 Å². The monoisotopic (exact) mass is 253 g/mol. The first-order chi connectivity index (χ1) is 8.50. The summed E-state index contributed by atoms with van der Waals surface area (Å²) in [5.74, 6) is 0.845. The van der Waals surface area contributed by atoms with Crippen molar-refractivity contribution >= 4 is 0 Å². The summed E-state index contributed by atoms with van der Waals surface area (Å²) in [6, 6.07) is 1.46. The highest BCUT2D eigenvalue weighted by Gasteiger charge is 2.38. The number of ether oxygens (including phenoxy) is 1.